The van der Waals surface area contributed by atoms with E-state index in [0.717, 1.165) is 18.2 Å². The van der Waals surface area contributed by atoms with E-state index in [-0.39, 0.29) is 11.7 Å². The van der Waals surface area contributed by atoms with Gasteiger partial charge < -0.3 is 5.73 Å². The summed E-state index contributed by atoms with van der Waals surface area (Å²) >= 11 is 1.59. The maximum atomic E-state index is 13.1. The molecule has 0 bridgehead atoms. The Labute approximate surface area is 104 Å². The number of halogens is 1. The molecule has 2 N–H and O–H groups in total. The molecule has 1 aromatic rings. The van der Waals surface area contributed by atoms with E-state index in [1.807, 2.05) is 6.92 Å². The second kappa shape index (κ2) is 6.56. The molecule has 6 heteroatoms. The molecule has 0 radical (unpaired) electrons. The Morgan fingerprint density at radius 1 is 1.53 bits per heavy atom. The van der Waals surface area contributed by atoms with Gasteiger partial charge in [0.1, 0.15) is 5.82 Å². The third-order valence-corrected chi connectivity index (χ3v) is 3.20. The molecule has 0 aromatic heterocycles. The van der Waals surface area contributed by atoms with Gasteiger partial charge >= 0.3 is 0 Å². The van der Waals surface area contributed by atoms with Crippen molar-refractivity contribution in [3.8, 4) is 0 Å². The van der Waals surface area contributed by atoms with Gasteiger partial charge in [0.2, 0.25) is 0 Å². The number of non-ortho nitro benzene ring substituents is 1. The zero-order chi connectivity index (χ0) is 12.8. The Kier molecular flexibility index (Phi) is 5.37. The number of benzene rings is 1. The number of nitro groups is 1. The van der Waals surface area contributed by atoms with Crippen LogP contribution in [0.2, 0.25) is 0 Å². The maximum absolute atomic E-state index is 13.1. The van der Waals surface area contributed by atoms with Crippen LogP contribution < -0.4 is 5.73 Å². The fraction of sp³-hybridized carbons (Fsp3) is 0.455. The van der Waals surface area contributed by atoms with Crippen LogP contribution in [-0.4, -0.2) is 16.7 Å². The Hall–Kier alpha value is -1.14. The topological polar surface area (TPSA) is 69.2 Å². The number of nitro benzene ring substituents is 1. The summed E-state index contributed by atoms with van der Waals surface area (Å²) in [5, 5.41) is 10.5. The van der Waals surface area contributed by atoms with Gasteiger partial charge in [0.15, 0.2) is 0 Å². The average Bonchev–Trinajstić information content (AvgIpc) is 2.23. The van der Waals surface area contributed by atoms with Crippen molar-refractivity contribution in [2.75, 3.05) is 5.75 Å². The number of nitrogens with two attached hydrogens (primary N) is 1. The fourth-order valence-electron chi connectivity index (χ4n) is 1.28. The first-order valence-corrected chi connectivity index (χ1v) is 6.41. The van der Waals surface area contributed by atoms with Crippen molar-refractivity contribution in [2.24, 2.45) is 5.73 Å². The summed E-state index contributed by atoms with van der Waals surface area (Å²) < 4.78 is 13.1. The first-order chi connectivity index (χ1) is 7.99. The summed E-state index contributed by atoms with van der Waals surface area (Å²) in [5.41, 5.74) is 6.03. The van der Waals surface area contributed by atoms with E-state index in [4.69, 9.17) is 5.73 Å². The van der Waals surface area contributed by atoms with Crippen LogP contribution in [0, 0.1) is 15.9 Å². The van der Waals surface area contributed by atoms with Crippen LogP contribution in [0.25, 0.3) is 0 Å². The molecule has 0 saturated carbocycles. The Morgan fingerprint density at radius 2 is 2.24 bits per heavy atom. The van der Waals surface area contributed by atoms with Crippen molar-refractivity contribution in [1.82, 2.24) is 0 Å². The van der Waals surface area contributed by atoms with Crippen LogP contribution in [0.3, 0.4) is 0 Å². The molecule has 17 heavy (non-hydrogen) atoms. The predicted octanol–water partition coefficient (Wildman–Crippen LogP) is 2.70. The van der Waals surface area contributed by atoms with E-state index in [9.17, 15) is 14.5 Å². The van der Waals surface area contributed by atoms with Gasteiger partial charge in [-0.15, -0.1) is 0 Å². The van der Waals surface area contributed by atoms with Crippen molar-refractivity contribution in [2.45, 2.75) is 25.1 Å². The first kappa shape index (κ1) is 13.9. The summed E-state index contributed by atoms with van der Waals surface area (Å²) in [7, 11) is 0. The van der Waals surface area contributed by atoms with E-state index in [1.165, 1.54) is 12.1 Å². The molecule has 0 saturated heterocycles. The van der Waals surface area contributed by atoms with Crippen LogP contribution in [0.15, 0.2) is 18.2 Å². The number of nitrogens with zero attached hydrogens (tertiary/aromatic N) is 1. The van der Waals surface area contributed by atoms with Gasteiger partial charge in [-0.1, -0.05) is 0 Å². The lowest BCUT2D eigenvalue weighted by Crippen LogP contribution is -2.15. The van der Waals surface area contributed by atoms with Gasteiger partial charge in [-0.2, -0.15) is 11.8 Å². The van der Waals surface area contributed by atoms with Crippen LogP contribution in [0.1, 0.15) is 18.9 Å². The summed E-state index contributed by atoms with van der Waals surface area (Å²) in [6.07, 6.45) is 0.877. The highest BCUT2D eigenvalue weighted by Gasteiger charge is 2.09. The lowest BCUT2D eigenvalue weighted by molar-refractivity contribution is -0.385. The molecule has 1 rings (SSSR count). The Balaban J connectivity index is 2.56. The maximum Gasteiger partial charge on any atom is 0.272 e. The minimum Gasteiger partial charge on any atom is -0.328 e. The monoisotopic (exact) mass is 258 g/mol. The molecule has 4 nitrogen and oxygen atoms in total. The van der Waals surface area contributed by atoms with Gasteiger partial charge in [-0.3, -0.25) is 10.1 Å². The van der Waals surface area contributed by atoms with E-state index in [2.05, 4.69) is 0 Å². The standard InChI is InChI=1S/C11H15FN2O2S/c1-8(13)2-3-17-7-9-4-10(12)6-11(5-9)14(15)16/h4-6,8H,2-3,7,13H2,1H3. The summed E-state index contributed by atoms with van der Waals surface area (Å²) in [6, 6.07) is 3.80. The zero-order valence-corrected chi connectivity index (χ0v) is 10.4. The SMILES string of the molecule is CC(N)CCSCc1cc(F)cc([N+](=O)[O-])c1. The molecule has 1 atom stereocenters. The molecule has 0 spiro atoms. The minimum atomic E-state index is -0.584. The molecule has 0 fully saturated rings. The molecule has 1 aromatic carbocycles. The molecule has 0 amide bonds. The quantitative estimate of drug-likeness (QED) is 0.484. The molecule has 94 valence electrons. The van der Waals surface area contributed by atoms with Crippen LogP contribution >= 0.6 is 11.8 Å². The predicted molar refractivity (Wildman–Crippen MR) is 67.5 cm³/mol. The minimum absolute atomic E-state index is 0.143. The summed E-state index contributed by atoms with van der Waals surface area (Å²) in [6.45, 7) is 1.92. The second-order valence-corrected chi connectivity index (χ2v) is 5.00. The van der Waals surface area contributed by atoms with E-state index >= 15 is 0 Å². The highest BCUT2D eigenvalue weighted by atomic mass is 32.2. The first-order valence-electron chi connectivity index (χ1n) is 5.26. The third kappa shape index (κ3) is 5.14. The summed E-state index contributed by atoms with van der Waals surface area (Å²) in [5.74, 6) is 0.856. The van der Waals surface area contributed by atoms with Gasteiger partial charge in [0, 0.05) is 17.9 Å². The van der Waals surface area contributed by atoms with E-state index in [0.29, 0.717) is 11.3 Å². The summed E-state index contributed by atoms with van der Waals surface area (Å²) in [4.78, 5) is 9.96. The number of hydrogen-bond acceptors (Lipinski definition) is 4. The molecular weight excluding hydrogens is 243 g/mol. The number of rotatable bonds is 6. The van der Waals surface area contributed by atoms with Crippen LogP contribution in [-0.2, 0) is 5.75 Å². The van der Waals surface area contributed by atoms with Crippen molar-refractivity contribution >= 4 is 17.4 Å². The van der Waals surface area contributed by atoms with Gasteiger partial charge in [-0.25, -0.2) is 4.39 Å². The van der Waals surface area contributed by atoms with Crippen molar-refractivity contribution in [3.63, 3.8) is 0 Å². The van der Waals surface area contributed by atoms with Crippen molar-refractivity contribution < 1.29 is 9.31 Å². The van der Waals surface area contributed by atoms with Crippen molar-refractivity contribution in [3.05, 3.63) is 39.7 Å². The smallest absolute Gasteiger partial charge is 0.272 e. The van der Waals surface area contributed by atoms with Crippen molar-refractivity contribution in [1.29, 1.82) is 0 Å². The third-order valence-electron chi connectivity index (χ3n) is 2.14. The van der Waals surface area contributed by atoms with Crippen LogP contribution in [0.4, 0.5) is 10.1 Å². The zero-order valence-electron chi connectivity index (χ0n) is 9.56. The molecular formula is C11H15FN2O2S. The van der Waals surface area contributed by atoms with E-state index in [1.54, 1.807) is 11.8 Å². The molecule has 0 aliphatic carbocycles. The molecule has 0 heterocycles. The lowest BCUT2D eigenvalue weighted by Gasteiger charge is -2.05. The van der Waals surface area contributed by atoms with E-state index < -0.39 is 10.7 Å². The fourth-order valence-corrected chi connectivity index (χ4v) is 2.37. The second-order valence-electron chi connectivity index (χ2n) is 3.89. The Morgan fingerprint density at radius 3 is 2.82 bits per heavy atom. The highest BCUT2D eigenvalue weighted by Crippen LogP contribution is 2.20. The lowest BCUT2D eigenvalue weighted by atomic mass is 10.2. The molecule has 1 unspecified atom stereocenters. The molecule has 0 aliphatic heterocycles. The Bertz CT molecular complexity index is 399. The number of hydrogen-bond donors (Lipinski definition) is 1. The highest BCUT2D eigenvalue weighted by molar-refractivity contribution is 7.98. The van der Waals surface area contributed by atoms with Gasteiger partial charge in [0.05, 0.1) is 11.0 Å². The van der Waals surface area contributed by atoms with Gasteiger partial charge in [0.25, 0.3) is 5.69 Å². The normalized spacial score (nSPS) is 12.4. The molecule has 0 aliphatic rings. The number of thioether (sulfide) groups is 1. The average molecular weight is 258 g/mol. The van der Waals surface area contributed by atoms with Crippen LogP contribution in [0.5, 0.6) is 0 Å². The largest absolute Gasteiger partial charge is 0.328 e. The van der Waals surface area contributed by atoms with Gasteiger partial charge in [-0.05, 0) is 30.7 Å².